The highest BCUT2D eigenvalue weighted by atomic mass is 79.9. The Bertz CT molecular complexity index is 1050. The predicted octanol–water partition coefficient (Wildman–Crippen LogP) is 4.65. The van der Waals surface area contributed by atoms with Gasteiger partial charge in [0.2, 0.25) is 5.91 Å². The lowest BCUT2D eigenvalue weighted by Gasteiger charge is -2.20. The molecular weight excluding hydrogens is 454 g/mol. The van der Waals surface area contributed by atoms with Gasteiger partial charge in [0, 0.05) is 27.4 Å². The average molecular weight is 472 g/mol. The van der Waals surface area contributed by atoms with E-state index in [0.717, 1.165) is 26.2 Å². The number of halogens is 1. The fourth-order valence-electron chi connectivity index (χ4n) is 2.89. The minimum Gasteiger partial charge on any atom is -0.486 e. The van der Waals surface area contributed by atoms with Crippen LogP contribution >= 0.6 is 27.7 Å². The first kappa shape index (κ1) is 19.7. The molecule has 4 rings (SSSR count). The molecule has 0 saturated heterocycles. The molecule has 148 valence electrons. The van der Waals surface area contributed by atoms with Gasteiger partial charge in [-0.25, -0.2) is 9.97 Å². The molecule has 3 aromatic rings. The first-order valence-electron chi connectivity index (χ1n) is 9.02. The third kappa shape index (κ3) is 4.89. The van der Waals surface area contributed by atoms with E-state index >= 15 is 0 Å². The Morgan fingerprint density at radius 1 is 1.14 bits per heavy atom. The van der Waals surface area contributed by atoms with Crippen molar-refractivity contribution in [3.8, 4) is 11.5 Å². The number of rotatable bonds is 5. The van der Waals surface area contributed by atoms with Gasteiger partial charge in [0.25, 0.3) is 0 Å². The van der Waals surface area contributed by atoms with E-state index in [9.17, 15) is 4.79 Å². The Labute approximate surface area is 181 Å². The van der Waals surface area contributed by atoms with Crippen molar-refractivity contribution < 1.29 is 14.3 Å². The molecule has 1 aliphatic rings. The van der Waals surface area contributed by atoms with Crippen molar-refractivity contribution in [1.29, 1.82) is 0 Å². The standard InChI is InChI=1S/C21H18BrN3O3S/c1-13-9-15(29-21-23-5-2-6-24-21)3-4-17(13)25-20(26)11-14-10-18-19(12-16(14)22)28-8-7-27-18/h2-6,9-10,12H,7-8,11H2,1H3,(H,25,26). The molecule has 1 amide bonds. The Balaban J connectivity index is 1.43. The molecule has 0 radical (unpaired) electrons. The third-order valence-electron chi connectivity index (χ3n) is 4.29. The maximum absolute atomic E-state index is 12.6. The molecule has 6 nitrogen and oxygen atoms in total. The van der Waals surface area contributed by atoms with E-state index in [0.29, 0.717) is 29.9 Å². The number of fused-ring (bicyclic) bond motifs is 1. The fourth-order valence-corrected chi connectivity index (χ4v) is 4.16. The van der Waals surface area contributed by atoms with Crippen molar-refractivity contribution in [3.05, 3.63) is 64.4 Å². The average Bonchev–Trinajstić information content (AvgIpc) is 2.71. The molecule has 29 heavy (non-hydrogen) atoms. The number of ether oxygens (including phenoxy) is 2. The van der Waals surface area contributed by atoms with Crippen LogP contribution in [0.15, 0.2) is 63.3 Å². The number of hydrogen-bond acceptors (Lipinski definition) is 6. The van der Waals surface area contributed by atoms with E-state index in [-0.39, 0.29) is 12.3 Å². The number of aromatic nitrogens is 2. The lowest BCUT2D eigenvalue weighted by atomic mass is 10.1. The molecular formula is C21H18BrN3O3S. The van der Waals surface area contributed by atoms with E-state index in [2.05, 4.69) is 31.2 Å². The van der Waals surface area contributed by atoms with E-state index in [1.54, 1.807) is 18.5 Å². The molecule has 2 aromatic carbocycles. The summed E-state index contributed by atoms with van der Waals surface area (Å²) < 4.78 is 12.0. The van der Waals surface area contributed by atoms with Crippen LogP contribution in [0.5, 0.6) is 11.5 Å². The van der Waals surface area contributed by atoms with Crippen LogP contribution in [0, 0.1) is 6.92 Å². The summed E-state index contributed by atoms with van der Waals surface area (Å²) in [5.74, 6) is 1.26. The zero-order chi connectivity index (χ0) is 20.2. The molecule has 0 bridgehead atoms. The molecule has 0 aliphatic carbocycles. The summed E-state index contributed by atoms with van der Waals surface area (Å²) >= 11 is 4.99. The van der Waals surface area contributed by atoms with Gasteiger partial charge in [-0.15, -0.1) is 0 Å². The van der Waals surface area contributed by atoms with Gasteiger partial charge in [-0.3, -0.25) is 4.79 Å². The number of amides is 1. The second-order valence-corrected chi connectivity index (χ2v) is 8.32. The van der Waals surface area contributed by atoms with Crippen molar-refractivity contribution >= 4 is 39.3 Å². The van der Waals surface area contributed by atoms with E-state index < -0.39 is 0 Å². The van der Waals surface area contributed by atoms with Crippen LogP contribution < -0.4 is 14.8 Å². The largest absolute Gasteiger partial charge is 0.486 e. The summed E-state index contributed by atoms with van der Waals surface area (Å²) in [6.07, 6.45) is 3.66. The van der Waals surface area contributed by atoms with Crippen LogP contribution in [0.2, 0.25) is 0 Å². The molecule has 2 heterocycles. The lowest BCUT2D eigenvalue weighted by Crippen LogP contribution is -2.18. The first-order valence-corrected chi connectivity index (χ1v) is 10.6. The molecule has 0 atom stereocenters. The lowest BCUT2D eigenvalue weighted by molar-refractivity contribution is -0.115. The normalized spacial score (nSPS) is 12.5. The minimum atomic E-state index is -0.0997. The van der Waals surface area contributed by atoms with Gasteiger partial charge in [-0.05, 0) is 66.2 Å². The van der Waals surface area contributed by atoms with Gasteiger partial charge >= 0.3 is 0 Å². The molecule has 0 unspecified atom stereocenters. The van der Waals surface area contributed by atoms with Gasteiger partial charge < -0.3 is 14.8 Å². The third-order valence-corrected chi connectivity index (χ3v) is 5.91. The second kappa shape index (κ2) is 8.84. The molecule has 1 N–H and O–H groups in total. The van der Waals surface area contributed by atoms with Crippen LogP contribution in [-0.4, -0.2) is 29.1 Å². The van der Waals surface area contributed by atoms with Crippen LogP contribution in [0.4, 0.5) is 5.69 Å². The van der Waals surface area contributed by atoms with Crippen molar-refractivity contribution in [2.24, 2.45) is 0 Å². The van der Waals surface area contributed by atoms with Crippen LogP contribution in [0.25, 0.3) is 0 Å². The zero-order valence-electron chi connectivity index (χ0n) is 15.6. The zero-order valence-corrected chi connectivity index (χ0v) is 18.0. The van der Waals surface area contributed by atoms with E-state index in [4.69, 9.17) is 9.47 Å². The molecule has 0 spiro atoms. The van der Waals surface area contributed by atoms with Crippen molar-refractivity contribution in [3.63, 3.8) is 0 Å². The summed E-state index contributed by atoms with van der Waals surface area (Å²) in [5, 5.41) is 3.67. The number of hydrogen-bond donors (Lipinski definition) is 1. The summed E-state index contributed by atoms with van der Waals surface area (Å²) in [6.45, 7) is 3.01. The summed E-state index contributed by atoms with van der Waals surface area (Å²) in [6, 6.07) is 11.3. The SMILES string of the molecule is Cc1cc(Sc2ncccn2)ccc1NC(=O)Cc1cc2c(cc1Br)OCCO2. The Morgan fingerprint density at radius 2 is 1.86 bits per heavy atom. The molecule has 1 aromatic heterocycles. The summed E-state index contributed by atoms with van der Waals surface area (Å²) in [7, 11) is 0. The van der Waals surface area contributed by atoms with Crippen LogP contribution in [-0.2, 0) is 11.2 Å². The van der Waals surface area contributed by atoms with Crippen LogP contribution in [0.3, 0.4) is 0 Å². The number of anilines is 1. The Kier molecular flexibility index (Phi) is 6.01. The number of benzene rings is 2. The fraction of sp³-hybridized carbons (Fsp3) is 0.190. The minimum absolute atomic E-state index is 0.0997. The smallest absolute Gasteiger partial charge is 0.228 e. The first-order chi connectivity index (χ1) is 14.1. The quantitative estimate of drug-likeness (QED) is 0.545. The van der Waals surface area contributed by atoms with Crippen LogP contribution in [0.1, 0.15) is 11.1 Å². The van der Waals surface area contributed by atoms with Gasteiger partial charge in [-0.1, -0.05) is 15.9 Å². The molecule has 0 saturated carbocycles. The monoisotopic (exact) mass is 471 g/mol. The molecule has 8 heteroatoms. The van der Waals surface area contributed by atoms with Gasteiger partial charge in [-0.2, -0.15) is 0 Å². The molecule has 1 aliphatic heterocycles. The number of carbonyl (C=O) groups excluding carboxylic acids is 1. The van der Waals surface area contributed by atoms with Crippen molar-refractivity contribution in [2.45, 2.75) is 23.4 Å². The summed E-state index contributed by atoms with van der Waals surface area (Å²) in [5.41, 5.74) is 2.60. The summed E-state index contributed by atoms with van der Waals surface area (Å²) in [4.78, 5) is 22.1. The van der Waals surface area contributed by atoms with Crippen molar-refractivity contribution in [2.75, 3.05) is 18.5 Å². The van der Waals surface area contributed by atoms with Gasteiger partial charge in [0.05, 0.1) is 6.42 Å². The maximum atomic E-state index is 12.6. The topological polar surface area (TPSA) is 73.3 Å². The van der Waals surface area contributed by atoms with E-state index in [1.807, 2.05) is 37.3 Å². The van der Waals surface area contributed by atoms with Gasteiger partial charge in [0.15, 0.2) is 16.7 Å². The number of nitrogens with one attached hydrogen (secondary N) is 1. The number of carbonyl (C=O) groups is 1. The second-order valence-electron chi connectivity index (χ2n) is 6.42. The highest BCUT2D eigenvalue weighted by Gasteiger charge is 2.17. The van der Waals surface area contributed by atoms with E-state index in [1.165, 1.54) is 11.8 Å². The highest BCUT2D eigenvalue weighted by Crippen LogP contribution is 2.36. The van der Waals surface area contributed by atoms with Gasteiger partial charge in [0.1, 0.15) is 13.2 Å². The van der Waals surface area contributed by atoms with Crippen molar-refractivity contribution in [1.82, 2.24) is 9.97 Å². The Hall–Kier alpha value is -2.58. The highest BCUT2D eigenvalue weighted by molar-refractivity contribution is 9.10. The Morgan fingerprint density at radius 3 is 2.59 bits per heavy atom. The number of nitrogens with zero attached hydrogens (tertiary/aromatic N) is 2. The maximum Gasteiger partial charge on any atom is 0.228 e. The molecule has 0 fully saturated rings. The number of aryl methyl sites for hydroxylation is 1. The predicted molar refractivity (Wildman–Crippen MR) is 115 cm³/mol.